The smallest absolute Gasteiger partial charge is 0.238 e. The van der Waals surface area contributed by atoms with E-state index in [1.165, 1.54) is 12.4 Å². The Kier molecular flexibility index (Phi) is 3.56. The molecule has 1 heterocycles. The van der Waals surface area contributed by atoms with Gasteiger partial charge in [0.1, 0.15) is 5.75 Å². The van der Waals surface area contributed by atoms with Crippen LogP contribution in [0.2, 0.25) is 5.02 Å². The molecule has 88 valence electrons. The van der Waals surface area contributed by atoms with Crippen molar-refractivity contribution in [3.8, 4) is 11.6 Å². The van der Waals surface area contributed by atoms with Crippen LogP contribution >= 0.6 is 11.6 Å². The zero-order valence-electron chi connectivity index (χ0n) is 9.22. The topological polar surface area (TPSA) is 55.2 Å². The Morgan fingerprint density at radius 3 is 2.94 bits per heavy atom. The van der Waals surface area contributed by atoms with Crippen LogP contribution < -0.4 is 4.74 Å². The van der Waals surface area contributed by atoms with Crippen molar-refractivity contribution < 1.29 is 9.84 Å². The largest absolute Gasteiger partial charge is 0.437 e. The predicted octanol–water partition coefficient (Wildman–Crippen LogP) is 2.72. The van der Waals surface area contributed by atoms with E-state index >= 15 is 0 Å². The van der Waals surface area contributed by atoms with Gasteiger partial charge in [0.2, 0.25) is 5.88 Å². The number of aromatic nitrogens is 2. The number of aliphatic hydroxyl groups is 1. The van der Waals surface area contributed by atoms with Crippen molar-refractivity contribution >= 4 is 11.6 Å². The molecule has 0 fully saturated rings. The first-order chi connectivity index (χ1) is 8.19. The molecule has 17 heavy (non-hydrogen) atoms. The van der Waals surface area contributed by atoms with Gasteiger partial charge in [0.15, 0.2) is 0 Å². The number of hydrogen-bond donors (Lipinski definition) is 1. The second-order valence-corrected chi connectivity index (χ2v) is 3.96. The summed E-state index contributed by atoms with van der Waals surface area (Å²) >= 11 is 5.89. The van der Waals surface area contributed by atoms with Gasteiger partial charge >= 0.3 is 0 Å². The Morgan fingerprint density at radius 1 is 1.35 bits per heavy atom. The van der Waals surface area contributed by atoms with Crippen molar-refractivity contribution in [2.24, 2.45) is 0 Å². The number of nitrogens with zero attached hydrogens (tertiary/aromatic N) is 2. The van der Waals surface area contributed by atoms with E-state index in [4.69, 9.17) is 21.4 Å². The number of ether oxygens (including phenoxy) is 1. The predicted molar refractivity (Wildman–Crippen MR) is 64.2 cm³/mol. The molecule has 5 heteroatoms. The van der Waals surface area contributed by atoms with Gasteiger partial charge in [0.25, 0.3) is 0 Å². The lowest BCUT2D eigenvalue weighted by Gasteiger charge is -2.08. The molecular weight excluding hydrogens is 240 g/mol. The average molecular weight is 251 g/mol. The number of benzene rings is 1. The maximum atomic E-state index is 8.95. The molecule has 1 aromatic heterocycles. The number of rotatable bonds is 3. The van der Waals surface area contributed by atoms with E-state index < -0.39 is 0 Å². The van der Waals surface area contributed by atoms with Gasteiger partial charge in [-0.05, 0) is 24.6 Å². The lowest BCUT2D eigenvalue weighted by atomic mass is 10.2. The van der Waals surface area contributed by atoms with E-state index in [1.807, 2.05) is 13.0 Å². The first-order valence-corrected chi connectivity index (χ1v) is 5.42. The van der Waals surface area contributed by atoms with Gasteiger partial charge in [-0.3, -0.25) is 4.98 Å². The van der Waals surface area contributed by atoms with Crippen molar-refractivity contribution in [3.63, 3.8) is 0 Å². The van der Waals surface area contributed by atoms with Crippen molar-refractivity contribution in [2.45, 2.75) is 13.5 Å². The monoisotopic (exact) mass is 250 g/mol. The molecule has 0 unspecified atom stereocenters. The summed E-state index contributed by atoms with van der Waals surface area (Å²) in [5.41, 5.74) is 1.41. The normalized spacial score (nSPS) is 10.3. The van der Waals surface area contributed by atoms with Crippen LogP contribution in [0.4, 0.5) is 0 Å². The van der Waals surface area contributed by atoms with Crippen molar-refractivity contribution in [1.29, 1.82) is 0 Å². The fraction of sp³-hybridized carbons (Fsp3) is 0.167. The zero-order chi connectivity index (χ0) is 12.3. The summed E-state index contributed by atoms with van der Waals surface area (Å²) in [6.07, 6.45) is 2.97. The van der Waals surface area contributed by atoms with Crippen molar-refractivity contribution in [1.82, 2.24) is 9.97 Å². The molecule has 2 aromatic rings. The van der Waals surface area contributed by atoms with Crippen LogP contribution in [-0.4, -0.2) is 15.1 Å². The second kappa shape index (κ2) is 5.12. The van der Waals surface area contributed by atoms with Gasteiger partial charge in [-0.2, -0.15) is 0 Å². The Bertz CT molecular complexity index is 532. The molecule has 0 atom stereocenters. The third-order valence-electron chi connectivity index (χ3n) is 2.19. The standard InChI is InChI=1S/C12H11ClN2O2/c1-8-2-3-9(13)4-11(8)17-12-6-14-5-10(7-16)15-12/h2-6,16H,7H2,1H3. The highest BCUT2D eigenvalue weighted by atomic mass is 35.5. The van der Waals surface area contributed by atoms with Gasteiger partial charge in [-0.15, -0.1) is 0 Å². The Balaban J connectivity index is 2.27. The molecule has 0 radical (unpaired) electrons. The van der Waals surface area contributed by atoms with Crippen LogP contribution in [0.25, 0.3) is 0 Å². The summed E-state index contributed by atoms with van der Waals surface area (Å²) in [6, 6.07) is 5.37. The minimum atomic E-state index is -0.168. The number of aryl methyl sites for hydroxylation is 1. The Morgan fingerprint density at radius 2 is 2.18 bits per heavy atom. The molecular formula is C12H11ClN2O2. The van der Waals surface area contributed by atoms with Crippen LogP contribution in [0, 0.1) is 6.92 Å². The molecule has 0 amide bonds. The highest BCUT2D eigenvalue weighted by molar-refractivity contribution is 6.30. The SMILES string of the molecule is Cc1ccc(Cl)cc1Oc1cncc(CO)n1. The Hall–Kier alpha value is -1.65. The highest BCUT2D eigenvalue weighted by Crippen LogP contribution is 2.26. The molecule has 0 bridgehead atoms. The summed E-state index contributed by atoms with van der Waals surface area (Å²) in [5, 5.41) is 9.54. The average Bonchev–Trinajstić information content (AvgIpc) is 2.34. The first-order valence-electron chi connectivity index (χ1n) is 5.05. The molecule has 2 rings (SSSR count). The molecule has 4 nitrogen and oxygen atoms in total. The van der Waals surface area contributed by atoms with Crippen LogP contribution in [0.5, 0.6) is 11.6 Å². The molecule has 1 N–H and O–H groups in total. The van der Waals surface area contributed by atoms with E-state index in [0.717, 1.165) is 5.56 Å². The maximum absolute atomic E-state index is 8.95. The van der Waals surface area contributed by atoms with E-state index in [1.54, 1.807) is 12.1 Å². The highest BCUT2D eigenvalue weighted by Gasteiger charge is 2.04. The molecule has 1 aromatic carbocycles. The van der Waals surface area contributed by atoms with Crippen LogP contribution in [0.15, 0.2) is 30.6 Å². The van der Waals surface area contributed by atoms with E-state index in [9.17, 15) is 0 Å². The van der Waals surface area contributed by atoms with Crippen LogP contribution in [-0.2, 0) is 6.61 Å². The quantitative estimate of drug-likeness (QED) is 0.910. The lowest BCUT2D eigenvalue weighted by Crippen LogP contribution is -1.95. The summed E-state index contributed by atoms with van der Waals surface area (Å²) in [6.45, 7) is 1.74. The lowest BCUT2D eigenvalue weighted by molar-refractivity contribution is 0.274. The van der Waals surface area contributed by atoms with Crippen LogP contribution in [0.3, 0.4) is 0 Å². The van der Waals surface area contributed by atoms with E-state index in [0.29, 0.717) is 22.3 Å². The second-order valence-electron chi connectivity index (χ2n) is 3.52. The van der Waals surface area contributed by atoms with E-state index in [2.05, 4.69) is 9.97 Å². The minimum absolute atomic E-state index is 0.168. The van der Waals surface area contributed by atoms with Crippen LogP contribution in [0.1, 0.15) is 11.3 Å². The van der Waals surface area contributed by atoms with Gasteiger partial charge < -0.3 is 9.84 Å². The fourth-order valence-electron chi connectivity index (χ4n) is 1.31. The third kappa shape index (κ3) is 2.93. The van der Waals surface area contributed by atoms with Gasteiger partial charge in [0, 0.05) is 5.02 Å². The molecule has 0 spiro atoms. The van der Waals surface area contributed by atoms with E-state index in [-0.39, 0.29) is 6.61 Å². The summed E-state index contributed by atoms with van der Waals surface area (Å²) in [5.74, 6) is 0.962. The third-order valence-corrected chi connectivity index (χ3v) is 2.42. The zero-order valence-corrected chi connectivity index (χ0v) is 9.98. The van der Waals surface area contributed by atoms with Gasteiger partial charge in [-0.1, -0.05) is 17.7 Å². The molecule has 0 aliphatic rings. The summed E-state index contributed by atoms with van der Waals surface area (Å²) < 4.78 is 5.56. The molecule has 0 saturated heterocycles. The summed E-state index contributed by atoms with van der Waals surface area (Å²) in [7, 11) is 0. The fourth-order valence-corrected chi connectivity index (χ4v) is 1.47. The minimum Gasteiger partial charge on any atom is -0.437 e. The summed E-state index contributed by atoms with van der Waals surface area (Å²) in [4.78, 5) is 8.00. The number of aliphatic hydroxyl groups excluding tert-OH is 1. The van der Waals surface area contributed by atoms with Crippen molar-refractivity contribution in [3.05, 3.63) is 46.9 Å². The number of halogens is 1. The molecule has 0 aliphatic carbocycles. The van der Waals surface area contributed by atoms with Gasteiger partial charge in [0.05, 0.1) is 24.7 Å². The van der Waals surface area contributed by atoms with Crippen molar-refractivity contribution in [2.75, 3.05) is 0 Å². The Labute approximate surface area is 104 Å². The maximum Gasteiger partial charge on any atom is 0.238 e. The molecule has 0 aliphatic heterocycles. The molecule has 0 saturated carbocycles. The first kappa shape index (κ1) is 11.8. The number of hydrogen-bond acceptors (Lipinski definition) is 4. The van der Waals surface area contributed by atoms with Gasteiger partial charge in [-0.25, -0.2) is 4.98 Å².